The van der Waals surface area contributed by atoms with Crippen LogP contribution in [0.5, 0.6) is 0 Å². The summed E-state index contributed by atoms with van der Waals surface area (Å²) in [6, 6.07) is 0. The molecule has 0 aromatic carbocycles. The topological polar surface area (TPSA) is 181 Å². The van der Waals surface area contributed by atoms with Gasteiger partial charge in [-0.3, -0.25) is 9.59 Å². The van der Waals surface area contributed by atoms with Crippen LogP contribution in [-0.2, 0) is 23.6 Å². The third-order valence-electron chi connectivity index (χ3n) is 4.87. The van der Waals surface area contributed by atoms with E-state index in [2.05, 4.69) is 50.4 Å². The number of amides is 1. The standard InChI is InChI=1S/C7H5ClOS2.C7H7NOS2.C7H6O2S2.Cl2OS.H3N.H2O/c3*8-7(9)6-3-5-4(11-6)1-2-10-5;1-4(2)3;;/h1-5H;1-5H,(H2,8,9);1-5H,(H,8,9);;1H3;1H2. The van der Waals surface area contributed by atoms with Crippen molar-refractivity contribution in [1.29, 1.82) is 0 Å². The molecule has 0 bridgehead atoms. The van der Waals surface area contributed by atoms with Crippen molar-refractivity contribution in [2.24, 2.45) is 5.73 Å². The summed E-state index contributed by atoms with van der Waals surface area (Å²) in [7, 11) is 7.36. The molecule has 1 amide bonds. The molecule has 6 aliphatic rings. The molecule has 6 atom stereocenters. The zero-order valence-electron chi connectivity index (χ0n) is 19.5. The van der Waals surface area contributed by atoms with Crippen molar-refractivity contribution in [3.8, 4) is 0 Å². The Hall–Kier alpha value is 0.0900. The summed E-state index contributed by atoms with van der Waals surface area (Å²) in [6.45, 7) is 0. The predicted octanol–water partition coefficient (Wildman–Crippen LogP) is 5.56. The summed E-state index contributed by atoms with van der Waals surface area (Å²) in [5.74, 6) is -1.09. The van der Waals surface area contributed by atoms with Gasteiger partial charge in [-0.15, -0.1) is 70.6 Å². The molecule has 0 saturated carbocycles. The maximum atomic E-state index is 10.7. The Balaban J connectivity index is 0.000000267. The molecule has 0 spiro atoms. The van der Waals surface area contributed by atoms with Gasteiger partial charge >= 0.3 is 5.97 Å². The van der Waals surface area contributed by atoms with Gasteiger partial charge in [0.25, 0.3) is 11.1 Å². The number of carbonyl (C=O) groups is 3. The van der Waals surface area contributed by atoms with E-state index in [0.717, 1.165) is 4.91 Å². The van der Waals surface area contributed by atoms with Gasteiger partial charge in [0.1, 0.15) is 0 Å². The van der Waals surface area contributed by atoms with Crippen LogP contribution in [0.1, 0.15) is 0 Å². The molecule has 0 aliphatic carbocycles. The highest BCUT2D eigenvalue weighted by molar-refractivity contribution is 8.26. The first-order chi connectivity index (χ1) is 17.5. The van der Waals surface area contributed by atoms with Crippen LogP contribution in [0.4, 0.5) is 0 Å². The van der Waals surface area contributed by atoms with Crippen molar-refractivity contribution in [2.45, 2.75) is 31.5 Å². The number of rotatable bonds is 3. The lowest BCUT2D eigenvalue weighted by Gasteiger charge is -2.02. The first-order valence-electron chi connectivity index (χ1n) is 10.1. The second-order valence-electron chi connectivity index (χ2n) is 7.26. The average Bonchev–Trinajstić information content (AvgIpc) is 3.61. The van der Waals surface area contributed by atoms with E-state index in [-0.39, 0.29) is 22.8 Å². The number of carbonyl (C=O) groups excluding carboxylic acids is 2. The lowest BCUT2D eigenvalue weighted by Crippen LogP contribution is -2.10. The Labute approximate surface area is 267 Å². The third kappa shape index (κ3) is 11.4. The molecule has 6 aliphatic heterocycles. The van der Waals surface area contributed by atoms with Gasteiger partial charge in [-0.1, -0.05) is 30.4 Å². The lowest BCUT2D eigenvalue weighted by molar-refractivity contribution is -0.131. The van der Waals surface area contributed by atoms with E-state index >= 15 is 0 Å². The van der Waals surface area contributed by atoms with Crippen LogP contribution >= 0.6 is 104 Å². The number of primary amides is 1. The monoisotopic (exact) mass is 728 g/mol. The fraction of sp³-hybridized carbons (Fsp3) is 0.286. The second kappa shape index (κ2) is 17.9. The molecule has 0 fully saturated rings. The van der Waals surface area contributed by atoms with Gasteiger partial charge in [0.2, 0.25) is 9.23 Å². The highest BCUT2D eigenvalue weighted by Crippen LogP contribution is 2.45. The number of fused-ring (bicyclic) bond motifs is 3. The number of nitrogens with two attached hydrogens (primary N) is 1. The first kappa shape index (κ1) is 37.1. The van der Waals surface area contributed by atoms with E-state index in [4.69, 9.17) is 26.7 Å². The first-order valence-corrected chi connectivity index (χ1v) is 18.8. The van der Waals surface area contributed by atoms with Crippen molar-refractivity contribution in [3.63, 3.8) is 0 Å². The third-order valence-corrected chi connectivity index (χ3v) is 12.8. The zero-order chi connectivity index (χ0) is 27.1. The van der Waals surface area contributed by atoms with Crippen molar-refractivity contribution in [2.75, 3.05) is 0 Å². The van der Waals surface area contributed by atoms with Crippen LogP contribution in [0.2, 0.25) is 0 Å². The van der Waals surface area contributed by atoms with E-state index in [1.54, 1.807) is 58.8 Å². The SMILES string of the molecule is N.NC(=O)C1=CC2SC=CC2S1.O.O=C(Cl)C1=CC2SC=CC2S1.O=C(O)C1=CC2SC=CC2S1.O=S(Cl)Cl. The minimum Gasteiger partial charge on any atom is -0.477 e. The molecule has 6 unspecified atom stereocenters. The van der Waals surface area contributed by atoms with E-state index in [1.165, 1.54) is 11.8 Å². The van der Waals surface area contributed by atoms with Crippen LogP contribution in [0, 0.1) is 0 Å². The molecule has 0 radical (unpaired) electrons. The highest BCUT2D eigenvalue weighted by atomic mass is 36.0. The summed E-state index contributed by atoms with van der Waals surface area (Å²) in [6.07, 6.45) is 12.0. The summed E-state index contributed by atoms with van der Waals surface area (Å²) < 4.78 is 9.09. The van der Waals surface area contributed by atoms with Gasteiger partial charge in [-0.25, -0.2) is 9.00 Å². The zero-order valence-corrected chi connectivity index (χ0v) is 27.5. The van der Waals surface area contributed by atoms with Gasteiger partial charge in [0, 0.05) is 52.9 Å². The van der Waals surface area contributed by atoms with Crippen molar-refractivity contribution in [1.82, 2.24) is 6.15 Å². The summed E-state index contributed by atoms with van der Waals surface area (Å²) in [4.78, 5) is 33.9. The number of aliphatic carboxylic acids is 1. The molecule has 18 heteroatoms. The van der Waals surface area contributed by atoms with Crippen LogP contribution in [0.25, 0.3) is 0 Å². The van der Waals surface area contributed by atoms with Crippen molar-refractivity contribution < 1.29 is 29.2 Å². The Kier molecular flexibility index (Phi) is 17.0. The van der Waals surface area contributed by atoms with Gasteiger partial charge in [-0.2, -0.15) is 0 Å². The summed E-state index contributed by atoms with van der Waals surface area (Å²) in [5.41, 5.74) is 5.14. The lowest BCUT2D eigenvalue weighted by atomic mass is 10.3. The maximum absolute atomic E-state index is 10.7. The van der Waals surface area contributed by atoms with Gasteiger partial charge in [0.05, 0.1) is 14.7 Å². The highest BCUT2D eigenvalue weighted by Gasteiger charge is 2.33. The molecule has 0 saturated heterocycles. The van der Waals surface area contributed by atoms with E-state index in [1.807, 2.05) is 23.6 Å². The number of hydrogen-bond acceptors (Lipinski definition) is 11. The smallest absolute Gasteiger partial charge is 0.341 e. The molecule has 39 heavy (non-hydrogen) atoms. The Bertz CT molecular complexity index is 1010. The number of carboxylic acid groups (broad SMARTS) is 1. The number of thioether (sulfide) groups is 6. The van der Waals surface area contributed by atoms with Crippen LogP contribution in [0.3, 0.4) is 0 Å². The number of hydrogen-bond donors (Lipinski definition) is 3. The molecule has 6 heterocycles. The average molecular weight is 730 g/mol. The molecule has 8 nitrogen and oxygen atoms in total. The van der Waals surface area contributed by atoms with Crippen molar-refractivity contribution in [3.05, 3.63) is 67.4 Å². The molecular formula is C21H23Cl3N2O6S7. The summed E-state index contributed by atoms with van der Waals surface area (Å²) >= 11 is 15.1. The maximum Gasteiger partial charge on any atom is 0.341 e. The summed E-state index contributed by atoms with van der Waals surface area (Å²) in [5, 5.41) is 17.0. The fourth-order valence-electron chi connectivity index (χ4n) is 3.30. The molecule has 8 N–H and O–H groups in total. The molecule has 0 aromatic rings. The van der Waals surface area contributed by atoms with Crippen molar-refractivity contribution >= 4 is 130 Å². The van der Waals surface area contributed by atoms with Gasteiger partial charge in [0.15, 0.2) is 0 Å². The van der Waals surface area contributed by atoms with E-state index < -0.39 is 15.2 Å². The van der Waals surface area contributed by atoms with Crippen LogP contribution in [-0.4, -0.2) is 63.4 Å². The van der Waals surface area contributed by atoms with Crippen LogP contribution in [0.15, 0.2) is 67.4 Å². The predicted molar refractivity (Wildman–Crippen MR) is 176 cm³/mol. The van der Waals surface area contributed by atoms with Crippen LogP contribution < -0.4 is 11.9 Å². The fourth-order valence-corrected chi connectivity index (χ4v) is 10.8. The molecular weight excluding hydrogens is 707 g/mol. The molecule has 216 valence electrons. The number of allylic oxidation sites excluding steroid dienone is 1. The number of halogens is 3. The van der Waals surface area contributed by atoms with Gasteiger partial charge in [-0.05, 0) is 33.9 Å². The molecule has 6 rings (SSSR count). The minimum atomic E-state index is -1.67. The number of carboxylic acids is 1. The Morgan fingerprint density at radius 2 is 1.08 bits per heavy atom. The van der Waals surface area contributed by atoms with Gasteiger partial charge < -0.3 is 22.5 Å². The quantitative estimate of drug-likeness (QED) is 0.308. The minimum absolute atomic E-state index is 0. The van der Waals surface area contributed by atoms with E-state index in [9.17, 15) is 14.4 Å². The van der Waals surface area contributed by atoms with E-state index in [0.29, 0.717) is 41.3 Å². The normalized spacial score (nSPS) is 29.4. The second-order valence-corrected chi connectivity index (χ2v) is 17.0. The largest absolute Gasteiger partial charge is 0.477 e. The molecule has 0 aromatic heterocycles. The Morgan fingerprint density at radius 3 is 1.41 bits per heavy atom. The Morgan fingerprint density at radius 1 is 0.744 bits per heavy atom.